The van der Waals surface area contributed by atoms with E-state index >= 15 is 0 Å². The number of carbonyl (C=O) groups is 5. The lowest BCUT2D eigenvalue weighted by Crippen LogP contribution is -2.54. The number of rotatable bonds is 17. The Morgan fingerprint density at radius 3 is 2.40 bits per heavy atom. The van der Waals surface area contributed by atoms with Crippen molar-refractivity contribution in [2.24, 2.45) is 5.73 Å². The van der Waals surface area contributed by atoms with Gasteiger partial charge in [-0.1, -0.05) is 55.7 Å². The van der Waals surface area contributed by atoms with Gasteiger partial charge in [-0.25, -0.2) is 15.0 Å². The molecule has 7 N–H and O–H groups in total. The molecule has 1 aliphatic carbocycles. The summed E-state index contributed by atoms with van der Waals surface area (Å²) >= 11 is 0. The number of aromatic nitrogens is 4. The summed E-state index contributed by atoms with van der Waals surface area (Å²) in [5.74, 6) is -1.02. The van der Waals surface area contributed by atoms with Crippen molar-refractivity contribution in [3.05, 3.63) is 119 Å². The fourth-order valence-corrected chi connectivity index (χ4v) is 9.09. The van der Waals surface area contributed by atoms with Crippen LogP contribution in [0, 0.1) is 0 Å². The first-order valence-corrected chi connectivity index (χ1v) is 22.5. The molecule has 3 aliphatic rings. The van der Waals surface area contributed by atoms with Crippen LogP contribution in [0.3, 0.4) is 0 Å². The summed E-state index contributed by atoms with van der Waals surface area (Å²) in [4.78, 5) is 78.7. The fourth-order valence-electron chi connectivity index (χ4n) is 9.09. The monoisotopic (exact) mass is 872 g/mol. The maximum Gasteiger partial charge on any atom is 0.264 e. The minimum atomic E-state index is -1.00. The lowest BCUT2D eigenvalue weighted by atomic mass is 9.73. The summed E-state index contributed by atoms with van der Waals surface area (Å²) in [5, 5.41) is 8.60. The summed E-state index contributed by atoms with van der Waals surface area (Å²) in [7, 11) is 0. The second-order valence-electron chi connectivity index (χ2n) is 17.2. The summed E-state index contributed by atoms with van der Waals surface area (Å²) < 4.78 is 2.03. The number of piperidine rings is 1. The van der Waals surface area contributed by atoms with Gasteiger partial charge in [-0.15, -0.1) is 0 Å². The van der Waals surface area contributed by atoms with E-state index in [1.807, 2.05) is 41.0 Å². The number of pyridine rings is 2. The Kier molecular flexibility index (Phi) is 12.2. The number of fused-ring (bicyclic) bond motifs is 2. The number of anilines is 2. The van der Waals surface area contributed by atoms with Crippen LogP contribution >= 0.6 is 0 Å². The zero-order chi connectivity index (χ0) is 45.1. The van der Waals surface area contributed by atoms with E-state index in [4.69, 9.17) is 21.4 Å². The Hall–Kier alpha value is -7.26. The number of nitrogens with zero attached hydrogens (tertiary/aromatic N) is 5. The van der Waals surface area contributed by atoms with Crippen LogP contribution < -0.4 is 27.4 Å². The number of carbonyl (C=O) groups excluding carboxylic acids is 5. The molecule has 6 aromatic rings. The van der Waals surface area contributed by atoms with E-state index in [1.54, 1.807) is 24.4 Å². The van der Waals surface area contributed by atoms with Crippen molar-refractivity contribution in [1.82, 2.24) is 35.1 Å². The van der Waals surface area contributed by atoms with Crippen LogP contribution in [-0.4, -0.2) is 73.1 Å². The lowest BCUT2D eigenvalue weighted by Gasteiger charge is -2.38. The van der Waals surface area contributed by atoms with Gasteiger partial charge >= 0.3 is 0 Å². The van der Waals surface area contributed by atoms with Gasteiger partial charge in [0, 0.05) is 54.6 Å². The smallest absolute Gasteiger partial charge is 0.264 e. The highest BCUT2D eigenvalue weighted by Crippen LogP contribution is 2.40. The number of hydrogen-bond donors (Lipinski definition) is 5. The molecule has 0 spiro atoms. The lowest BCUT2D eigenvalue weighted by molar-refractivity contribution is -0.136. The quantitative estimate of drug-likeness (QED) is 0.0487. The zero-order valence-electron chi connectivity index (χ0n) is 36.1. The SMILES string of the molecule is Nc1ncccc1-c1nc2ccc(-c3cccc(CCNC(=O)CCCCCCCNc4cccc5c4C(=O)N(C4CCC(=O)NC4=O)C5=O)c3)nc2n1-c1ccc(C2(N)CCC2)cc1. The summed E-state index contributed by atoms with van der Waals surface area (Å²) in [6.45, 7) is 1.12. The Bertz CT molecular complexity index is 2820. The van der Waals surface area contributed by atoms with E-state index in [1.165, 1.54) is 0 Å². The fraction of sp³-hybridized carbons (Fsp3) is 0.320. The second kappa shape index (κ2) is 18.5. The molecule has 0 bridgehead atoms. The molecule has 332 valence electrons. The van der Waals surface area contributed by atoms with Crippen molar-refractivity contribution in [3.63, 3.8) is 0 Å². The average Bonchev–Trinajstić information content (AvgIpc) is 3.80. The number of amides is 5. The van der Waals surface area contributed by atoms with Gasteiger partial charge in [-0.05, 0) is 111 Å². The maximum absolute atomic E-state index is 13.3. The molecule has 1 saturated heterocycles. The number of hydrogen-bond acceptors (Lipinski definition) is 11. The van der Waals surface area contributed by atoms with Crippen molar-refractivity contribution in [1.29, 1.82) is 0 Å². The third-order valence-corrected chi connectivity index (χ3v) is 12.9. The molecule has 3 aromatic heterocycles. The van der Waals surface area contributed by atoms with Crippen LogP contribution in [0.4, 0.5) is 11.5 Å². The van der Waals surface area contributed by atoms with Crippen molar-refractivity contribution >= 4 is 52.2 Å². The number of imidazole rings is 1. The molecule has 3 aromatic carbocycles. The third kappa shape index (κ3) is 8.83. The van der Waals surface area contributed by atoms with Crippen molar-refractivity contribution in [2.75, 3.05) is 24.1 Å². The first kappa shape index (κ1) is 43.0. The van der Waals surface area contributed by atoms with E-state index in [0.29, 0.717) is 48.9 Å². The van der Waals surface area contributed by atoms with Crippen molar-refractivity contribution in [3.8, 4) is 28.3 Å². The Morgan fingerprint density at radius 1 is 0.831 bits per heavy atom. The molecule has 15 heteroatoms. The molecule has 1 unspecified atom stereocenters. The highest BCUT2D eigenvalue weighted by atomic mass is 16.2. The number of nitrogen functional groups attached to an aromatic ring is 1. The van der Waals surface area contributed by atoms with Gasteiger partial charge in [0.05, 0.1) is 22.4 Å². The van der Waals surface area contributed by atoms with E-state index in [-0.39, 0.29) is 35.4 Å². The standard InChI is InChI=1S/C50H52N10O5/c51-44-36(13-8-28-55-44)45-57-39-21-20-37(56-46(39)59(45)34-18-16-33(17-19-34)50(52)25-9-26-50)32-11-6-10-31(30-32)24-29-54-41(61)15-4-2-1-3-5-27-53-38-14-7-12-35-43(38)49(65)60(48(35)64)40-22-23-42(62)58-47(40)63/h6-8,10-14,16-21,28,30,40,53H,1-5,9,15,22-27,29,52H2,(H2,51,55)(H,54,61)(H,58,62,63). The van der Waals surface area contributed by atoms with Crippen LogP contribution in [-0.2, 0) is 26.3 Å². The first-order valence-electron chi connectivity index (χ1n) is 22.5. The van der Waals surface area contributed by atoms with Gasteiger partial charge in [-0.3, -0.25) is 38.8 Å². The summed E-state index contributed by atoms with van der Waals surface area (Å²) in [5.41, 5.74) is 20.8. The molecule has 15 nitrogen and oxygen atoms in total. The van der Waals surface area contributed by atoms with E-state index in [9.17, 15) is 24.0 Å². The molecular weight excluding hydrogens is 821 g/mol. The van der Waals surface area contributed by atoms with E-state index < -0.39 is 29.7 Å². The van der Waals surface area contributed by atoms with Gasteiger partial charge in [0.2, 0.25) is 17.7 Å². The normalized spacial score (nSPS) is 16.6. The molecule has 65 heavy (non-hydrogen) atoms. The van der Waals surface area contributed by atoms with Gasteiger partial charge in [0.15, 0.2) is 11.5 Å². The second-order valence-corrected chi connectivity index (χ2v) is 17.2. The Morgan fingerprint density at radius 2 is 1.62 bits per heavy atom. The van der Waals surface area contributed by atoms with Crippen LogP contribution in [0.5, 0.6) is 0 Å². The number of unbranched alkanes of at least 4 members (excludes halogenated alkanes) is 4. The molecule has 1 saturated carbocycles. The molecule has 2 aliphatic heterocycles. The number of imide groups is 2. The van der Waals surface area contributed by atoms with Crippen molar-refractivity contribution in [2.45, 2.75) is 88.6 Å². The zero-order valence-corrected chi connectivity index (χ0v) is 36.1. The van der Waals surface area contributed by atoms with E-state index in [0.717, 1.165) is 95.4 Å². The highest BCUT2D eigenvalue weighted by molar-refractivity contribution is 6.25. The van der Waals surface area contributed by atoms with Crippen LogP contribution in [0.2, 0.25) is 0 Å². The molecule has 5 amide bonds. The molecule has 9 rings (SSSR count). The minimum absolute atomic E-state index is 0.0270. The van der Waals surface area contributed by atoms with Crippen LogP contribution in [0.15, 0.2) is 97.2 Å². The van der Waals surface area contributed by atoms with Crippen LogP contribution in [0.1, 0.15) is 102 Å². The Labute approximate surface area is 376 Å². The minimum Gasteiger partial charge on any atom is -0.384 e. The van der Waals surface area contributed by atoms with Gasteiger partial charge in [0.1, 0.15) is 17.4 Å². The van der Waals surface area contributed by atoms with Gasteiger partial charge in [-0.2, -0.15) is 0 Å². The number of benzene rings is 3. The topological polar surface area (TPSA) is 220 Å². The molecule has 0 radical (unpaired) electrons. The summed E-state index contributed by atoms with van der Waals surface area (Å²) in [6, 6.07) is 28.3. The molecule has 2 fully saturated rings. The average molecular weight is 873 g/mol. The highest BCUT2D eigenvalue weighted by Gasteiger charge is 2.45. The summed E-state index contributed by atoms with van der Waals surface area (Å²) in [6.07, 6.45) is 10.5. The number of nitrogens with two attached hydrogens (primary N) is 2. The molecule has 5 heterocycles. The number of nitrogens with one attached hydrogen (secondary N) is 3. The van der Waals surface area contributed by atoms with Crippen molar-refractivity contribution < 1.29 is 24.0 Å². The van der Waals surface area contributed by atoms with Crippen LogP contribution in [0.25, 0.3) is 39.5 Å². The first-order chi connectivity index (χ1) is 31.6. The Balaban J connectivity index is 0.746. The van der Waals surface area contributed by atoms with Gasteiger partial charge < -0.3 is 22.1 Å². The third-order valence-electron chi connectivity index (χ3n) is 12.9. The van der Waals surface area contributed by atoms with E-state index in [2.05, 4.69) is 57.3 Å². The largest absolute Gasteiger partial charge is 0.384 e. The van der Waals surface area contributed by atoms with Gasteiger partial charge in [0.25, 0.3) is 11.8 Å². The predicted molar refractivity (Wildman–Crippen MR) is 248 cm³/mol. The maximum atomic E-state index is 13.3. The predicted octanol–water partition coefficient (Wildman–Crippen LogP) is 6.58. The molecule has 1 atom stereocenters. The molecular formula is C50H52N10O5.